The van der Waals surface area contributed by atoms with Crippen molar-refractivity contribution in [2.45, 2.75) is 37.6 Å². The molecule has 3 N–H and O–H groups in total. The summed E-state index contributed by atoms with van der Waals surface area (Å²) in [6.45, 7) is -0.0902. The van der Waals surface area contributed by atoms with Crippen molar-refractivity contribution in [3.63, 3.8) is 0 Å². The zero-order valence-electron chi connectivity index (χ0n) is 14.6. The number of hydrogen-bond acceptors (Lipinski definition) is 3. The minimum Gasteiger partial charge on any atom is -0.394 e. The second kappa shape index (κ2) is 7.30. The van der Waals surface area contributed by atoms with Crippen LogP contribution in [-0.4, -0.2) is 33.6 Å². The van der Waals surface area contributed by atoms with Gasteiger partial charge >= 0.3 is 0 Å². The van der Waals surface area contributed by atoms with Gasteiger partial charge in [-0.15, -0.1) is 0 Å². The summed E-state index contributed by atoms with van der Waals surface area (Å²) in [7, 11) is 0. The van der Waals surface area contributed by atoms with Crippen LogP contribution in [0.25, 0.3) is 10.9 Å². The van der Waals surface area contributed by atoms with Gasteiger partial charge in [-0.1, -0.05) is 24.3 Å². The lowest BCUT2D eigenvalue weighted by Gasteiger charge is -2.25. The van der Waals surface area contributed by atoms with E-state index >= 15 is 0 Å². The fourth-order valence-electron chi connectivity index (χ4n) is 3.89. The molecular formula is C21H23N3O2. The standard InChI is InChI=1S/C21H23N3O2/c25-13-16(11-15-12-23-19-9-2-1-7-17(15)19)24-21(26)18-8-3-5-14-6-4-10-22-20(14)18/h1-2,4,6-7,9-10,12,16,18,23,25H,3,5,8,11,13H2,(H,24,26)/t16-,18-/m0/s1. The molecule has 1 aliphatic rings. The molecule has 0 fully saturated rings. The molecule has 0 aliphatic heterocycles. The summed E-state index contributed by atoms with van der Waals surface area (Å²) in [4.78, 5) is 20.5. The fourth-order valence-corrected chi connectivity index (χ4v) is 3.89. The molecule has 0 unspecified atom stereocenters. The second-order valence-corrected chi connectivity index (χ2v) is 6.94. The Bertz CT molecular complexity index is 918. The minimum atomic E-state index is -0.309. The number of carbonyl (C=O) groups excluding carboxylic acids is 1. The summed E-state index contributed by atoms with van der Waals surface area (Å²) >= 11 is 0. The van der Waals surface area contributed by atoms with E-state index in [0.717, 1.165) is 47.0 Å². The van der Waals surface area contributed by atoms with Crippen LogP contribution in [0.3, 0.4) is 0 Å². The van der Waals surface area contributed by atoms with Gasteiger partial charge in [-0.05, 0) is 48.9 Å². The Morgan fingerprint density at radius 1 is 1.31 bits per heavy atom. The zero-order valence-corrected chi connectivity index (χ0v) is 14.6. The number of aromatic nitrogens is 2. The van der Waals surface area contributed by atoms with Crippen LogP contribution in [-0.2, 0) is 17.6 Å². The van der Waals surface area contributed by atoms with Crippen molar-refractivity contribution in [1.29, 1.82) is 0 Å². The van der Waals surface area contributed by atoms with Crippen LogP contribution in [0.1, 0.15) is 35.6 Å². The number of pyridine rings is 1. The summed E-state index contributed by atoms with van der Waals surface area (Å²) < 4.78 is 0. The molecule has 2 aromatic heterocycles. The highest BCUT2D eigenvalue weighted by Gasteiger charge is 2.29. The van der Waals surface area contributed by atoms with Gasteiger partial charge in [0.05, 0.1) is 24.3 Å². The number of rotatable bonds is 5. The number of nitrogens with one attached hydrogen (secondary N) is 2. The summed E-state index contributed by atoms with van der Waals surface area (Å²) in [6, 6.07) is 11.7. The first-order valence-corrected chi connectivity index (χ1v) is 9.16. The highest BCUT2D eigenvalue weighted by atomic mass is 16.3. The molecule has 5 heteroatoms. The van der Waals surface area contributed by atoms with Gasteiger partial charge < -0.3 is 15.4 Å². The number of aliphatic hydroxyl groups excluding tert-OH is 1. The van der Waals surface area contributed by atoms with Crippen molar-refractivity contribution in [2.75, 3.05) is 6.61 Å². The van der Waals surface area contributed by atoms with Crippen LogP contribution < -0.4 is 5.32 Å². The number of H-pyrrole nitrogens is 1. The summed E-state index contributed by atoms with van der Waals surface area (Å²) in [5.74, 6) is -0.263. The van der Waals surface area contributed by atoms with Crippen molar-refractivity contribution < 1.29 is 9.90 Å². The monoisotopic (exact) mass is 349 g/mol. The molecule has 0 spiro atoms. The Balaban J connectivity index is 1.49. The van der Waals surface area contributed by atoms with Gasteiger partial charge in [-0.3, -0.25) is 9.78 Å². The molecule has 5 nitrogen and oxygen atoms in total. The lowest BCUT2D eigenvalue weighted by molar-refractivity contribution is -0.124. The summed E-state index contributed by atoms with van der Waals surface area (Å²) in [5, 5.41) is 14.0. The average molecular weight is 349 g/mol. The van der Waals surface area contributed by atoms with Crippen molar-refractivity contribution in [3.8, 4) is 0 Å². The number of amides is 1. The largest absolute Gasteiger partial charge is 0.394 e. The van der Waals surface area contributed by atoms with E-state index in [-0.39, 0.29) is 24.5 Å². The van der Waals surface area contributed by atoms with Gasteiger partial charge in [0, 0.05) is 23.3 Å². The molecule has 1 aromatic carbocycles. The van der Waals surface area contributed by atoms with E-state index in [9.17, 15) is 9.90 Å². The molecule has 3 aromatic rings. The SMILES string of the molecule is O=C(N[C@H](CO)Cc1c[nH]c2ccccc12)[C@H]1CCCc2cccnc21. The number of benzene rings is 1. The smallest absolute Gasteiger partial charge is 0.229 e. The lowest BCUT2D eigenvalue weighted by atomic mass is 9.86. The van der Waals surface area contributed by atoms with Crippen LogP contribution in [0.2, 0.25) is 0 Å². The van der Waals surface area contributed by atoms with E-state index in [4.69, 9.17) is 0 Å². The molecule has 134 valence electrons. The summed E-state index contributed by atoms with van der Waals surface area (Å²) in [5.41, 5.74) is 4.22. The van der Waals surface area contributed by atoms with Gasteiger partial charge in [0.15, 0.2) is 0 Å². The highest BCUT2D eigenvalue weighted by Crippen LogP contribution is 2.30. The Kier molecular flexibility index (Phi) is 4.71. The number of aromatic amines is 1. The van der Waals surface area contributed by atoms with Crippen LogP contribution in [0, 0.1) is 0 Å². The third-order valence-electron chi connectivity index (χ3n) is 5.22. The van der Waals surface area contributed by atoms with E-state index in [1.54, 1.807) is 6.20 Å². The predicted molar refractivity (Wildman–Crippen MR) is 101 cm³/mol. The molecule has 1 amide bonds. The van der Waals surface area contributed by atoms with Crippen LogP contribution in [0.4, 0.5) is 0 Å². The molecule has 26 heavy (non-hydrogen) atoms. The van der Waals surface area contributed by atoms with Crippen molar-refractivity contribution in [1.82, 2.24) is 15.3 Å². The van der Waals surface area contributed by atoms with E-state index < -0.39 is 0 Å². The molecule has 2 atom stereocenters. The normalized spacial score (nSPS) is 17.7. The number of hydrogen-bond donors (Lipinski definition) is 3. The first-order chi connectivity index (χ1) is 12.8. The van der Waals surface area contributed by atoms with Gasteiger partial charge in [-0.2, -0.15) is 0 Å². The number of para-hydroxylation sites is 1. The van der Waals surface area contributed by atoms with Crippen molar-refractivity contribution in [2.24, 2.45) is 0 Å². The maximum atomic E-state index is 12.9. The van der Waals surface area contributed by atoms with Crippen LogP contribution in [0.15, 0.2) is 48.8 Å². The molecule has 1 aliphatic carbocycles. The van der Waals surface area contributed by atoms with E-state index in [2.05, 4.69) is 27.4 Å². The quantitative estimate of drug-likeness (QED) is 0.663. The molecule has 0 radical (unpaired) electrons. The van der Waals surface area contributed by atoms with E-state index in [0.29, 0.717) is 6.42 Å². The Morgan fingerprint density at radius 2 is 2.19 bits per heavy atom. The van der Waals surface area contributed by atoms with E-state index in [1.807, 2.05) is 30.5 Å². The van der Waals surface area contributed by atoms with Gasteiger partial charge in [0.25, 0.3) is 0 Å². The maximum absolute atomic E-state index is 12.9. The van der Waals surface area contributed by atoms with E-state index in [1.165, 1.54) is 0 Å². The Hall–Kier alpha value is -2.66. The number of aliphatic hydroxyl groups is 1. The topological polar surface area (TPSA) is 78.0 Å². The number of carbonyl (C=O) groups is 1. The molecule has 0 bridgehead atoms. The first kappa shape index (κ1) is 16.8. The summed E-state index contributed by atoms with van der Waals surface area (Å²) in [6.07, 6.45) is 7.07. The number of aryl methyl sites for hydroxylation is 1. The van der Waals surface area contributed by atoms with Crippen molar-refractivity contribution in [3.05, 3.63) is 65.6 Å². The molecule has 2 heterocycles. The first-order valence-electron chi connectivity index (χ1n) is 9.16. The fraction of sp³-hybridized carbons (Fsp3) is 0.333. The minimum absolute atomic E-state index is 0.0384. The third-order valence-corrected chi connectivity index (χ3v) is 5.22. The van der Waals surface area contributed by atoms with Crippen LogP contribution >= 0.6 is 0 Å². The molecule has 0 saturated heterocycles. The highest BCUT2D eigenvalue weighted by molar-refractivity contribution is 5.85. The zero-order chi connectivity index (χ0) is 17.9. The van der Waals surface area contributed by atoms with Gasteiger partial charge in [0.2, 0.25) is 5.91 Å². The average Bonchev–Trinajstić information content (AvgIpc) is 3.10. The van der Waals surface area contributed by atoms with Gasteiger partial charge in [0.1, 0.15) is 0 Å². The van der Waals surface area contributed by atoms with Crippen LogP contribution in [0.5, 0.6) is 0 Å². The Morgan fingerprint density at radius 3 is 3.08 bits per heavy atom. The van der Waals surface area contributed by atoms with Crippen molar-refractivity contribution >= 4 is 16.8 Å². The maximum Gasteiger partial charge on any atom is 0.229 e. The molecule has 0 saturated carbocycles. The second-order valence-electron chi connectivity index (χ2n) is 6.94. The third kappa shape index (κ3) is 3.22. The number of fused-ring (bicyclic) bond motifs is 2. The predicted octanol–water partition coefficient (Wildman–Crippen LogP) is 2.70. The Labute approximate surface area is 152 Å². The van der Waals surface area contributed by atoms with Gasteiger partial charge in [-0.25, -0.2) is 0 Å². The molecule has 4 rings (SSSR count). The molecular weight excluding hydrogens is 326 g/mol. The number of nitrogens with zero attached hydrogens (tertiary/aromatic N) is 1. The lowest BCUT2D eigenvalue weighted by Crippen LogP contribution is -2.42.